The number of aromatic nitrogens is 1. The first-order valence-corrected chi connectivity index (χ1v) is 5.04. The van der Waals surface area contributed by atoms with Gasteiger partial charge in [0.2, 0.25) is 0 Å². The smallest absolute Gasteiger partial charge is 0.145 e. The van der Waals surface area contributed by atoms with Crippen molar-refractivity contribution in [3.05, 3.63) is 17.3 Å². The second-order valence-corrected chi connectivity index (χ2v) is 4.90. The average molecular weight is 212 g/mol. The second kappa shape index (κ2) is 3.02. The molecule has 1 fully saturated rings. The molecule has 4 heteroatoms. The van der Waals surface area contributed by atoms with Crippen LogP contribution < -0.4 is 11.1 Å². The Kier molecular flexibility index (Phi) is 2.07. The molecule has 14 heavy (non-hydrogen) atoms. The molecule has 1 unspecified atom stereocenters. The lowest BCUT2D eigenvalue weighted by atomic mass is 10.2. The Labute approximate surface area is 88.7 Å². The van der Waals surface area contributed by atoms with Crippen LogP contribution in [0.1, 0.15) is 20.3 Å². The summed E-state index contributed by atoms with van der Waals surface area (Å²) in [6.07, 6.45) is 2.78. The van der Waals surface area contributed by atoms with Gasteiger partial charge in [-0.25, -0.2) is 4.98 Å². The highest BCUT2D eigenvalue weighted by Gasteiger charge is 2.46. The van der Waals surface area contributed by atoms with Crippen LogP contribution >= 0.6 is 11.6 Å². The SMILES string of the molecule is CC1(C)CC1Nc1ncc(N)cc1Cl. The molecule has 1 saturated carbocycles. The molecule has 3 N–H and O–H groups in total. The van der Waals surface area contributed by atoms with E-state index in [1.54, 1.807) is 12.3 Å². The Bertz CT molecular complexity index is 362. The van der Waals surface area contributed by atoms with Crippen LogP contribution in [0.4, 0.5) is 11.5 Å². The number of halogens is 1. The van der Waals surface area contributed by atoms with Crippen molar-refractivity contribution in [2.45, 2.75) is 26.3 Å². The van der Waals surface area contributed by atoms with Gasteiger partial charge in [-0.05, 0) is 17.9 Å². The lowest BCUT2D eigenvalue weighted by molar-refractivity contribution is 0.630. The van der Waals surface area contributed by atoms with Crippen LogP contribution in [-0.2, 0) is 0 Å². The third-order valence-corrected chi connectivity index (χ3v) is 2.97. The molecule has 1 atom stereocenters. The lowest BCUT2D eigenvalue weighted by Crippen LogP contribution is -2.10. The van der Waals surface area contributed by atoms with E-state index in [9.17, 15) is 0 Å². The van der Waals surface area contributed by atoms with Crippen LogP contribution in [0.3, 0.4) is 0 Å². The van der Waals surface area contributed by atoms with E-state index < -0.39 is 0 Å². The minimum atomic E-state index is 0.367. The zero-order valence-corrected chi connectivity index (χ0v) is 9.10. The van der Waals surface area contributed by atoms with Crippen molar-refractivity contribution in [2.24, 2.45) is 5.41 Å². The second-order valence-electron chi connectivity index (χ2n) is 4.49. The van der Waals surface area contributed by atoms with Gasteiger partial charge in [-0.2, -0.15) is 0 Å². The lowest BCUT2D eigenvalue weighted by Gasteiger charge is -2.08. The molecular formula is C10H14ClN3. The van der Waals surface area contributed by atoms with Gasteiger partial charge >= 0.3 is 0 Å². The molecule has 1 aromatic rings. The summed E-state index contributed by atoms with van der Waals surface area (Å²) in [5.41, 5.74) is 6.51. The van der Waals surface area contributed by atoms with E-state index in [0.717, 1.165) is 12.2 Å². The van der Waals surface area contributed by atoms with Crippen molar-refractivity contribution in [1.82, 2.24) is 4.98 Å². The maximum atomic E-state index is 5.99. The first kappa shape index (κ1) is 9.59. The Morgan fingerprint density at radius 2 is 2.29 bits per heavy atom. The molecule has 0 bridgehead atoms. The van der Waals surface area contributed by atoms with Gasteiger partial charge < -0.3 is 11.1 Å². The topological polar surface area (TPSA) is 50.9 Å². The van der Waals surface area contributed by atoms with Crippen LogP contribution in [0.15, 0.2) is 12.3 Å². The summed E-state index contributed by atoms with van der Waals surface area (Å²) >= 11 is 5.99. The third-order valence-electron chi connectivity index (χ3n) is 2.69. The third kappa shape index (κ3) is 1.77. The van der Waals surface area contributed by atoms with Crippen molar-refractivity contribution in [3.63, 3.8) is 0 Å². The molecule has 0 amide bonds. The highest BCUT2D eigenvalue weighted by molar-refractivity contribution is 6.33. The number of pyridine rings is 1. The van der Waals surface area contributed by atoms with Crippen LogP contribution in [0, 0.1) is 5.41 Å². The molecule has 0 aromatic carbocycles. The normalized spacial score (nSPS) is 23.2. The monoisotopic (exact) mass is 211 g/mol. The number of rotatable bonds is 2. The van der Waals surface area contributed by atoms with Gasteiger partial charge in [-0.15, -0.1) is 0 Å². The molecule has 3 nitrogen and oxygen atoms in total. The fraction of sp³-hybridized carbons (Fsp3) is 0.500. The van der Waals surface area contributed by atoms with Crippen LogP contribution in [0.5, 0.6) is 0 Å². The summed E-state index contributed by atoms with van der Waals surface area (Å²) in [5.74, 6) is 0.733. The minimum absolute atomic E-state index is 0.367. The largest absolute Gasteiger partial charge is 0.397 e. The molecular weight excluding hydrogens is 198 g/mol. The van der Waals surface area contributed by atoms with Gasteiger partial charge in [-0.1, -0.05) is 25.4 Å². The number of nitrogens with zero attached hydrogens (tertiary/aromatic N) is 1. The Morgan fingerprint density at radius 1 is 1.64 bits per heavy atom. The van der Waals surface area contributed by atoms with E-state index in [2.05, 4.69) is 24.1 Å². The van der Waals surface area contributed by atoms with E-state index in [4.69, 9.17) is 17.3 Å². The molecule has 1 heterocycles. The van der Waals surface area contributed by atoms with E-state index in [1.165, 1.54) is 0 Å². The highest BCUT2D eigenvalue weighted by atomic mass is 35.5. The van der Waals surface area contributed by atoms with Crippen LogP contribution in [-0.4, -0.2) is 11.0 Å². The fourth-order valence-corrected chi connectivity index (χ4v) is 1.67. The molecule has 0 aliphatic heterocycles. The molecule has 76 valence electrons. The van der Waals surface area contributed by atoms with Crippen LogP contribution in [0.2, 0.25) is 5.02 Å². The zero-order valence-electron chi connectivity index (χ0n) is 8.34. The first-order chi connectivity index (χ1) is 6.49. The van der Waals surface area contributed by atoms with Gasteiger partial charge in [0, 0.05) is 6.04 Å². The summed E-state index contributed by atoms with van der Waals surface area (Å²) in [5, 5.41) is 3.89. The number of hydrogen-bond donors (Lipinski definition) is 2. The Balaban J connectivity index is 2.11. The molecule has 1 aliphatic carbocycles. The Hall–Kier alpha value is -0.960. The van der Waals surface area contributed by atoms with Gasteiger partial charge in [-0.3, -0.25) is 0 Å². The summed E-state index contributed by atoms with van der Waals surface area (Å²) in [6.45, 7) is 4.44. The molecule has 0 spiro atoms. The molecule has 1 aliphatic rings. The number of nitrogens with two attached hydrogens (primary N) is 1. The van der Waals surface area contributed by atoms with Gasteiger partial charge in [0.15, 0.2) is 0 Å². The first-order valence-electron chi connectivity index (χ1n) is 4.66. The zero-order chi connectivity index (χ0) is 10.3. The van der Waals surface area contributed by atoms with E-state index in [0.29, 0.717) is 22.2 Å². The van der Waals surface area contributed by atoms with Gasteiger partial charge in [0.25, 0.3) is 0 Å². The highest BCUT2D eigenvalue weighted by Crippen LogP contribution is 2.46. The number of nitrogens with one attached hydrogen (secondary N) is 1. The maximum Gasteiger partial charge on any atom is 0.145 e. The summed E-state index contributed by atoms with van der Waals surface area (Å²) in [6, 6.07) is 2.20. The summed E-state index contributed by atoms with van der Waals surface area (Å²) in [7, 11) is 0. The van der Waals surface area contributed by atoms with Crippen molar-refractivity contribution < 1.29 is 0 Å². The van der Waals surface area contributed by atoms with Crippen LogP contribution in [0.25, 0.3) is 0 Å². The van der Waals surface area contributed by atoms with E-state index >= 15 is 0 Å². The summed E-state index contributed by atoms with van der Waals surface area (Å²) < 4.78 is 0. The maximum absolute atomic E-state index is 5.99. The minimum Gasteiger partial charge on any atom is -0.397 e. The quantitative estimate of drug-likeness (QED) is 0.791. The van der Waals surface area contributed by atoms with E-state index in [1.807, 2.05) is 0 Å². The number of anilines is 2. The van der Waals surface area contributed by atoms with Crippen molar-refractivity contribution in [3.8, 4) is 0 Å². The molecule has 0 radical (unpaired) electrons. The predicted octanol–water partition coefficient (Wildman–Crippen LogP) is 2.53. The Morgan fingerprint density at radius 3 is 2.79 bits per heavy atom. The van der Waals surface area contributed by atoms with Gasteiger partial charge in [0.05, 0.1) is 16.9 Å². The summed E-state index contributed by atoms with van der Waals surface area (Å²) in [4.78, 5) is 4.16. The standard InChI is InChI=1S/C10H14ClN3/c1-10(2)4-8(10)14-9-7(11)3-6(12)5-13-9/h3,5,8H,4,12H2,1-2H3,(H,13,14). The van der Waals surface area contributed by atoms with Crippen molar-refractivity contribution in [2.75, 3.05) is 11.1 Å². The van der Waals surface area contributed by atoms with Crippen molar-refractivity contribution >= 4 is 23.1 Å². The number of hydrogen-bond acceptors (Lipinski definition) is 3. The molecule has 0 saturated heterocycles. The van der Waals surface area contributed by atoms with Gasteiger partial charge in [0.1, 0.15) is 5.82 Å². The predicted molar refractivity (Wildman–Crippen MR) is 59.5 cm³/mol. The number of nitrogen functional groups attached to an aromatic ring is 1. The molecule has 2 rings (SSSR count). The average Bonchev–Trinajstić information content (AvgIpc) is 2.65. The molecule has 1 aromatic heterocycles. The van der Waals surface area contributed by atoms with E-state index in [-0.39, 0.29) is 0 Å². The fourth-order valence-electron chi connectivity index (χ4n) is 1.44. The van der Waals surface area contributed by atoms with Crippen molar-refractivity contribution in [1.29, 1.82) is 0 Å².